The average Bonchev–Trinajstić information content (AvgIpc) is 2.59. The van der Waals surface area contributed by atoms with Gasteiger partial charge in [0.15, 0.2) is 0 Å². The van der Waals surface area contributed by atoms with E-state index in [4.69, 9.17) is 34.8 Å². The summed E-state index contributed by atoms with van der Waals surface area (Å²) < 4.78 is 0. The molecule has 0 radical (unpaired) electrons. The highest BCUT2D eigenvalue weighted by Gasteiger charge is 2.31. The van der Waals surface area contributed by atoms with E-state index in [1.54, 1.807) is 6.07 Å². The van der Waals surface area contributed by atoms with Gasteiger partial charge in [-0.25, -0.2) is 0 Å². The summed E-state index contributed by atoms with van der Waals surface area (Å²) in [7, 11) is 0. The Morgan fingerprint density at radius 2 is 1.76 bits per heavy atom. The Bertz CT molecular complexity index is 773. The summed E-state index contributed by atoms with van der Waals surface area (Å²) in [5.74, 6) is -1.01. The Morgan fingerprint density at radius 1 is 1.08 bits per heavy atom. The van der Waals surface area contributed by atoms with E-state index in [2.05, 4.69) is 4.90 Å². The van der Waals surface area contributed by atoms with Crippen LogP contribution >= 0.6 is 34.8 Å². The molecular weight excluding hydrogens is 381 g/mol. The molecule has 1 aliphatic heterocycles. The minimum Gasteiger partial charge on any atom is -0.481 e. The number of likely N-dealkylation sites (tertiary alicyclic amines) is 1. The van der Waals surface area contributed by atoms with E-state index < -0.39 is 5.97 Å². The van der Waals surface area contributed by atoms with Crippen LogP contribution in [0.2, 0.25) is 15.1 Å². The number of hydrogen-bond acceptors (Lipinski definition) is 2. The molecule has 0 spiro atoms. The zero-order chi connectivity index (χ0) is 18.0. The van der Waals surface area contributed by atoms with E-state index in [0.717, 1.165) is 11.1 Å². The maximum atomic E-state index is 11.2. The highest BCUT2D eigenvalue weighted by atomic mass is 35.5. The monoisotopic (exact) mass is 397 g/mol. The van der Waals surface area contributed by atoms with Crippen molar-refractivity contribution in [3.05, 3.63) is 68.7 Å². The summed E-state index contributed by atoms with van der Waals surface area (Å²) in [4.78, 5) is 13.5. The van der Waals surface area contributed by atoms with E-state index >= 15 is 0 Å². The van der Waals surface area contributed by atoms with Gasteiger partial charge in [0.2, 0.25) is 0 Å². The van der Waals surface area contributed by atoms with Crippen LogP contribution in [0.25, 0.3) is 0 Å². The maximum Gasteiger partial charge on any atom is 0.306 e. The van der Waals surface area contributed by atoms with Gasteiger partial charge in [-0.3, -0.25) is 9.69 Å². The lowest BCUT2D eigenvalue weighted by atomic mass is 9.91. The van der Waals surface area contributed by atoms with Crippen LogP contribution < -0.4 is 0 Å². The second-order valence-corrected chi connectivity index (χ2v) is 7.47. The predicted molar refractivity (Wildman–Crippen MR) is 102 cm³/mol. The van der Waals surface area contributed by atoms with Gasteiger partial charge >= 0.3 is 5.97 Å². The number of carboxylic acid groups (broad SMARTS) is 1. The van der Waals surface area contributed by atoms with E-state index in [9.17, 15) is 9.90 Å². The fourth-order valence-corrected chi connectivity index (χ4v) is 4.01. The van der Waals surface area contributed by atoms with Crippen molar-refractivity contribution in [2.24, 2.45) is 5.92 Å². The van der Waals surface area contributed by atoms with Crippen molar-refractivity contribution in [2.75, 3.05) is 13.1 Å². The van der Waals surface area contributed by atoms with E-state index in [1.165, 1.54) is 0 Å². The quantitative estimate of drug-likeness (QED) is 0.736. The largest absolute Gasteiger partial charge is 0.481 e. The van der Waals surface area contributed by atoms with Crippen molar-refractivity contribution >= 4 is 40.8 Å². The Balaban J connectivity index is 1.98. The van der Waals surface area contributed by atoms with Crippen molar-refractivity contribution in [2.45, 2.75) is 18.9 Å². The third-order valence-corrected chi connectivity index (χ3v) is 5.75. The minimum atomic E-state index is -0.722. The summed E-state index contributed by atoms with van der Waals surface area (Å²) in [6.45, 7) is 1.36. The molecule has 6 heteroatoms. The second kappa shape index (κ2) is 7.96. The van der Waals surface area contributed by atoms with Crippen LogP contribution in [0.4, 0.5) is 0 Å². The molecule has 1 aliphatic rings. The third-order valence-electron chi connectivity index (χ3n) is 4.68. The van der Waals surface area contributed by atoms with Gasteiger partial charge in [-0.2, -0.15) is 0 Å². The average molecular weight is 399 g/mol. The van der Waals surface area contributed by atoms with Crippen molar-refractivity contribution in [3.8, 4) is 0 Å². The lowest BCUT2D eigenvalue weighted by molar-refractivity contribution is -0.143. The van der Waals surface area contributed by atoms with Gasteiger partial charge in [-0.05, 0) is 55.3 Å². The molecule has 3 rings (SSSR count). The van der Waals surface area contributed by atoms with Crippen LogP contribution in [0, 0.1) is 5.92 Å². The molecule has 25 heavy (non-hydrogen) atoms. The lowest BCUT2D eigenvalue weighted by Gasteiger charge is -2.37. The van der Waals surface area contributed by atoms with Crippen molar-refractivity contribution < 1.29 is 9.90 Å². The second-order valence-electron chi connectivity index (χ2n) is 6.25. The van der Waals surface area contributed by atoms with Gasteiger partial charge in [0.25, 0.3) is 0 Å². The lowest BCUT2D eigenvalue weighted by Crippen LogP contribution is -2.39. The molecule has 1 atom stereocenters. The van der Waals surface area contributed by atoms with Gasteiger partial charge in [0.05, 0.1) is 22.0 Å². The zero-order valence-corrected chi connectivity index (χ0v) is 15.7. The molecule has 0 bridgehead atoms. The van der Waals surface area contributed by atoms with E-state index in [1.807, 2.05) is 36.4 Å². The normalized spacial score (nSPS) is 17.4. The molecule has 0 amide bonds. The molecule has 1 fully saturated rings. The van der Waals surface area contributed by atoms with Crippen LogP contribution in [-0.2, 0) is 4.79 Å². The zero-order valence-electron chi connectivity index (χ0n) is 13.5. The highest BCUT2D eigenvalue weighted by Crippen LogP contribution is 2.39. The van der Waals surface area contributed by atoms with E-state index in [0.29, 0.717) is 41.0 Å². The number of carboxylic acids is 1. The number of rotatable bonds is 4. The fourth-order valence-electron chi connectivity index (χ4n) is 3.40. The molecule has 0 aromatic heterocycles. The number of nitrogens with zero attached hydrogens (tertiary/aromatic N) is 1. The molecule has 1 heterocycles. The Kier molecular flexibility index (Phi) is 5.90. The molecule has 1 N–H and O–H groups in total. The maximum absolute atomic E-state index is 11.2. The van der Waals surface area contributed by atoms with Crippen LogP contribution in [0.15, 0.2) is 42.5 Å². The smallest absolute Gasteiger partial charge is 0.306 e. The molecule has 132 valence electrons. The Hall–Kier alpha value is -1.26. The standard InChI is InChI=1S/C19H18Cl3NO2/c20-14-4-1-3-13(11-14)18(15-5-2-6-16(21)17(15)22)23-9-7-12(8-10-23)19(24)25/h1-6,11-12,18H,7-10H2,(H,24,25). The topological polar surface area (TPSA) is 40.5 Å². The number of hydrogen-bond donors (Lipinski definition) is 1. The molecule has 1 unspecified atom stereocenters. The van der Waals surface area contributed by atoms with Gasteiger partial charge in [0.1, 0.15) is 0 Å². The first-order valence-corrected chi connectivity index (χ1v) is 9.27. The summed E-state index contributed by atoms with van der Waals surface area (Å²) in [5.41, 5.74) is 1.93. The molecule has 0 saturated carbocycles. The fraction of sp³-hybridized carbons (Fsp3) is 0.316. The van der Waals surface area contributed by atoms with Crippen LogP contribution in [0.1, 0.15) is 30.0 Å². The minimum absolute atomic E-state index is 0.111. The molecule has 2 aromatic carbocycles. The van der Waals surface area contributed by atoms with Gasteiger partial charge in [-0.1, -0.05) is 59.1 Å². The van der Waals surface area contributed by atoms with E-state index in [-0.39, 0.29) is 12.0 Å². The molecule has 2 aromatic rings. The number of aliphatic carboxylic acids is 1. The molecule has 0 aliphatic carbocycles. The first-order valence-electron chi connectivity index (χ1n) is 8.13. The number of halogens is 3. The van der Waals surface area contributed by atoms with Crippen LogP contribution in [-0.4, -0.2) is 29.1 Å². The van der Waals surface area contributed by atoms with Crippen molar-refractivity contribution in [1.29, 1.82) is 0 Å². The summed E-state index contributed by atoms with van der Waals surface area (Å²) in [6.07, 6.45) is 1.23. The molecule has 3 nitrogen and oxygen atoms in total. The number of piperidine rings is 1. The number of benzene rings is 2. The summed E-state index contributed by atoms with van der Waals surface area (Å²) in [6, 6.07) is 13.2. The predicted octanol–water partition coefficient (Wildman–Crippen LogP) is 5.53. The molecule has 1 saturated heterocycles. The van der Waals surface area contributed by atoms with Gasteiger partial charge in [-0.15, -0.1) is 0 Å². The first-order chi connectivity index (χ1) is 12.0. The van der Waals surface area contributed by atoms with Crippen molar-refractivity contribution in [3.63, 3.8) is 0 Å². The number of carbonyl (C=O) groups is 1. The highest BCUT2D eigenvalue weighted by molar-refractivity contribution is 6.42. The van der Waals surface area contributed by atoms with Gasteiger partial charge < -0.3 is 5.11 Å². The van der Waals surface area contributed by atoms with Crippen molar-refractivity contribution in [1.82, 2.24) is 4.90 Å². The summed E-state index contributed by atoms with van der Waals surface area (Å²) in [5, 5.41) is 10.9. The summed E-state index contributed by atoms with van der Waals surface area (Å²) >= 11 is 18.9. The SMILES string of the molecule is O=C(O)C1CCN(C(c2cccc(Cl)c2)c2cccc(Cl)c2Cl)CC1. The van der Waals surface area contributed by atoms with Gasteiger partial charge in [0, 0.05) is 5.02 Å². The Morgan fingerprint density at radius 3 is 2.40 bits per heavy atom. The van der Waals surface area contributed by atoms with Crippen LogP contribution in [0.3, 0.4) is 0 Å². The van der Waals surface area contributed by atoms with Crippen LogP contribution in [0.5, 0.6) is 0 Å². The first kappa shape index (κ1) is 18.5. The molecular formula is C19H18Cl3NO2. The third kappa shape index (κ3) is 4.12. The Labute approximate surface area is 162 Å².